The molecular weight excluding hydrogens is 450 g/mol. The number of carbonyl (C=O) groups excluding carboxylic acids is 1. The smallest absolute Gasteiger partial charge is 0.266 e. The number of halogens is 1. The van der Waals surface area contributed by atoms with Crippen LogP contribution in [-0.4, -0.2) is 34.6 Å². The van der Waals surface area contributed by atoms with Crippen molar-refractivity contribution in [3.63, 3.8) is 0 Å². The van der Waals surface area contributed by atoms with Crippen molar-refractivity contribution >= 4 is 57.5 Å². The van der Waals surface area contributed by atoms with Gasteiger partial charge in [0, 0.05) is 29.4 Å². The molecule has 2 heterocycles. The van der Waals surface area contributed by atoms with Gasteiger partial charge in [0.25, 0.3) is 5.91 Å². The average Bonchev–Trinajstić information content (AvgIpc) is 3.04. The van der Waals surface area contributed by atoms with Crippen LogP contribution in [0.4, 0.5) is 11.4 Å². The standard InChI is InChI=1S/C27H30ClN3OS/c1-6-13-30-25(32)24(33-26(30)29-20-11-9-8-10-12-20)15-19-14-21-18(3)17-27(4,5)31(7-2)23(21)16-22(19)28/h8-12,14-17H,6-7,13H2,1-5H3/b24-15+,29-26?. The number of allylic oxidation sites excluding steroid dienone is 1. The molecule has 1 fully saturated rings. The lowest BCUT2D eigenvalue weighted by atomic mass is 9.88. The Morgan fingerprint density at radius 1 is 1.15 bits per heavy atom. The van der Waals surface area contributed by atoms with Crippen LogP contribution in [0.1, 0.15) is 52.2 Å². The molecule has 0 saturated carbocycles. The molecular formula is C27H30ClN3OS. The van der Waals surface area contributed by atoms with Crippen LogP contribution in [0.25, 0.3) is 11.6 Å². The van der Waals surface area contributed by atoms with Gasteiger partial charge in [-0.3, -0.25) is 9.69 Å². The van der Waals surface area contributed by atoms with E-state index < -0.39 is 0 Å². The summed E-state index contributed by atoms with van der Waals surface area (Å²) in [5.41, 5.74) is 5.14. The van der Waals surface area contributed by atoms with Gasteiger partial charge in [-0.15, -0.1) is 0 Å². The number of thioether (sulfide) groups is 1. The van der Waals surface area contributed by atoms with E-state index in [2.05, 4.69) is 51.7 Å². The summed E-state index contributed by atoms with van der Waals surface area (Å²) < 4.78 is 0. The van der Waals surface area contributed by atoms with Gasteiger partial charge in [0.1, 0.15) is 0 Å². The van der Waals surface area contributed by atoms with E-state index in [9.17, 15) is 4.79 Å². The molecule has 1 saturated heterocycles. The molecule has 0 bridgehead atoms. The van der Waals surface area contributed by atoms with Gasteiger partial charge in [0.05, 0.1) is 16.1 Å². The van der Waals surface area contributed by atoms with E-state index in [4.69, 9.17) is 16.6 Å². The number of hydrogen-bond acceptors (Lipinski definition) is 4. The highest BCUT2D eigenvalue weighted by atomic mass is 35.5. The summed E-state index contributed by atoms with van der Waals surface area (Å²) in [4.78, 5) is 22.8. The second kappa shape index (κ2) is 9.40. The number of fused-ring (bicyclic) bond motifs is 1. The van der Waals surface area contributed by atoms with Crippen LogP contribution in [0.15, 0.2) is 58.4 Å². The van der Waals surface area contributed by atoms with Crippen LogP contribution in [0.2, 0.25) is 5.02 Å². The van der Waals surface area contributed by atoms with Gasteiger partial charge in [0.15, 0.2) is 5.17 Å². The summed E-state index contributed by atoms with van der Waals surface area (Å²) in [7, 11) is 0. The maximum absolute atomic E-state index is 13.2. The normalized spacial score (nSPS) is 19.9. The number of likely N-dealkylation sites (N-methyl/N-ethyl adjacent to an activating group) is 1. The minimum atomic E-state index is -0.0735. The van der Waals surface area contributed by atoms with Crippen LogP contribution in [0.5, 0.6) is 0 Å². The fourth-order valence-corrected chi connectivity index (χ4v) is 5.80. The van der Waals surface area contributed by atoms with Gasteiger partial charge in [-0.05, 0) is 87.4 Å². The van der Waals surface area contributed by atoms with Crippen molar-refractivity contribution in [2.75, 3.05) is 18.0 Å². The number of amides is 1. The van der Waals surface area contributed by atoms with E-state index >= 15 is 0 Å². The molecule has 4 rings (SSSR count). The number of anilines is 1. The molecule has 2 aliphatic rings. The highest BCUT2D eigenvalue weighted by Crippen LogP contribution is 2.42. The molecule has 0 aliphatic carbocycles. The quantitative estimate of drug-likeness (QED) is 0.420. The second-order valence-corrected chi connectivity index (χ2v) is 10.3. The molecule has 0 atom stereocenters. The number of hydrogen-bond donors (Lipinski definition) is 0. The van der Waals surface area contributed by atoms with Crippen LogP contribution in [-0.2, 0) is 4.79 Å². The third-order valence-electron chi connectivity index (χ3n) is 6.02. The molecule has 33 heavy (non-hydrogen) atoms. The zero-order chi connectivity index (χ0) is 23.8. The summed E-state index contributed by atoms with van der Waals surface area (Å²) in [5, 5.41) is 1.36. The molecule has 0 radical (unpaired) electrons. The van der Waals surface area contributed by atoms with E-state index in [1.807, 2.05) is 42.5 Å². The van der Waals surface area contributed by atoms with E-state index in [1.165, 1.54) is 17.3 Å². The predicted octanol–water partition coefficient (Wildman–Crippen LogP) is 7.38. The summed E-state index contributed by atoms with van der Waals surface area (Å²) >= 11 is 8.17. The van der Waals surface area contributed by atoms with Crippen LogP contribution < -0.4 is 4.90 Å². The van der Waals surface area contributed by atoms with Gasteiger partial charge in [-0.2, -0.15) is 0 Å². The highest BCUT2D eigenvalue weighted by Gasteiger charge is 2.34. The molecule has 2 aromatic rings. The molecule has 2 aliphatic heterocycles. The molecule has 172 valence electrons. The minimum absolute atomic E-state index is 0.0195. The van der Waals surface area contributed by atoms with Crippen LogP contribution in [0, 0.1) is 0 Å². The van der Waals surface area contributed by atoms with Gasteiger partial charge < -0.3 is 4.90 Å². The number of para-hydroxylation sites is 1. The fourth-order valence-electron chi connectivity index (χ4n) is 4.57. The molecule has 0 aromatic heterocycles. The minimum Gasteiger partial charge on any atom is -0.363 e. The SMILES string of the molecule is CCCN1C(=O)/C(=C\c2cc3c(cc2Cl)N(CC)C(C)(C)C=C3C)SC1=Nc1ccccc1. The van der Waals surface area contributed by atoms with Crippen LogP contribution >= 0.6 is 23.4 Å². The number of amidine groups is 1. The van der Waals surface area contributed by atoms with Gasteiger partial charge >= 0.3 is 0 Å². The molecule has 0 N–H and O–H groups in total. The molecule has 0 unspecified atom stereocenters. The Morgan fingerprint density at radius 2 is 1.88 bits per heavy atom. The third kappa shape index (κ3) is 4.62. The van der Waals surface area contributed by atoms with E-state index in [0.29, 0.717) is 21.6 Å². The first-order valence-corrected chi connectivity index (χ1v) is 12.6. The fraction of sp³-hybridized carbons (Fsp3) is 0.333. The number of benzene rings is 2. The van der Waals surface area contributed by atoms with Crippen LogP contribution in [0.3, 0.4) is 0 Å². The molecule has 0 spiro atoms. The monoisotopic (exact) mass is 479 g/mol. The lowest BCUT2D eigenvalue weighted by Gasteiger charge is -2.43. The lowest BCUT2D eigenvalue weighted by Crippen LogP contribution is -2.44. The van der Waals surface area contributed by atoms with Gasteiger partial charge in [-0.25, -0.2) is 4.99 Å². The van der Waals surface area contributed by atoms with Crippen molar-refractivity contribution < 1.29 is 4.79 Å². The largest absolute Gasteiger partial charge is 0.363 e. The Hall–Kier alpha value is -2.50. The second-order valence-electron chi connectivity index (χ2n) is 8.91. The predicted molar refractivity (Wildman–Crippen MR) is 143 cm³/mol. The first-order chi connectivity index (χ1) is 15.7. The zero-order valence-electron chi connectivity index (χ0n) is 19.9. The molecule has 2 aromatic carbocycles. The van der Waals surface area contributed by atoms with E-state index in [-0.39, 0.29) is 11.4 Å². The Morgan fingerprint density at radius 3 is 2.55 bits per heavy atom. The number of nitrogens with zero attached hydrogens (tertiary/aromatic N) is 3. The van der Waals surface area contributed by atoms with Gasteiger partial charge in [0.2, 0.25) is 0 Å². The maximum Gasteiger partial charge on any atom is 0.266 e. The first kappa shape index (κ1) is 23.7. The summed E-state index contributed by atoms with van der Waals surface area (Å²) in [5.74, 6) is -0.0195. The number of aliphatic imine (C=N–C) groups is 1. The topological polar surface area (TPSA) is 35.9 Å². The number of carbonyl (C=O) groups is 1. The molecule has 1 amide bonds. The first-order valence-electron chi connectivity index (χ1n) is 11.4. The van der Waals surface area contributed by atoms with Crippen molar-refractivity contribution in [3.05, 3.63) is 69.6 Å². The Labute approximate surface area is 206 Å². The Balaban J connectivity index is 1.74. The zero-order valence-corrected chi connectivity index (χ0v) is 21.4. The van der Waals surface area contributed by atoms with Gasteiger partial charge in [-0.1, -0.05) is 42.8 Å². The lowest BCUT2D eigenvalue weighted by molar-refractivity contribution is -0.122. The maximum atomic E-state index is 13.2. The Kier molecular flexibility index (Phi) is 6.73. The van der Waals surface area contributed by atoms with Crippen molar-refractivity contribution in [2.24, 2.45) is 4.99 Å². The van der Waals surface area contributed by atoms with Crippen molar-refractivity contribution in [3.8, 4) is 0 Å². The highest BCUT2D eigenvalue weighted by molar-refractivity contribution is 8.18. The molecule has 6 heteroatoms. The summed E-state index contributed by atoms with van der Waals surface area (Å²) in [6, 6.07) is 13.9. The van der Waals surface area contributed by atoms with E-state index in [0.717, 1.165) is 35.5 Å². The van der Waals surface area contributed by atoms with E-state index in [1.54, 1.807) is 4.90 Å². The van der Waals surface area contributed by atoms with Crippen molar-refractivity contribution in [1.82, 2.24) is 4.90 Å². The summed E-state index contributed by atoms with van der Waals surface area (Å²) in [6.45, 7) is 12.3. The number of rotatable bonds is 5. The van der Waals surface area contributed by atoms with Crippen molar-refractivity contribution in [2.45, 2.75) is 46.6 Å². The molecule has 4 nitrogen and oxygen atoms in total. The third-order valence-corrected chi connectivity index (χ3v) is 7.35. The Bertz CT molecular complexity index is 1170. The average molecular weight is 480 g/mol. The van der Waals surface area contributed by atoms with Crippen molar-refractivity contribution in [1.29, 1.82) is 0 Å². The summed E-state index contributed by atoms with van der Waals surface area (Å²) in [6.07, 6.45) is 5.07.